The number of unbranched alkanes of at least 4 members (excludes halogenated alkanes) is 1. The van der Waals surface area contributed by atoms with Crippen LogP contribution < -0.4 is 21.3 Å². The second-order valence-corrected chi connectivity index (χ2v) is 9.74. The van der Waals surface area contributed by atoms with E-state index in [4.69, 9.17) is 14.2 Å². The van der Waals surface area contributed by atoms with E-state index in [2.05, 4.69) is 21.3 Å². The Hall–Kier alpha value is -1.56. The number of hydrogen-bond donors (Lipinski definition) is 4. The fourth-order valence-electron chi connectivity index (χ4n) is 3.83. The first-order valence-corrected chi connectivity index (χ1v) is 13.6. The summed E-state index contributed by atoms with van der Waals surface area (Å²) in [7, 11) is 0. The number of amides is 4. The molecule has 0 bridgehead atoms. The summed E-state index contributed by atoms with van der Waals surface area (Å²) in [6, 6.07) is 0.447. The van der Waals surface area contributed by atoms with Gasteiger partial charge in [-0.15, -0.1) is 0 Å². The lowest BCUT2D eigenvalue weighted by Crippen LogP contribution is -2.36. The number of thioether (sulfide) groups is 1. The lowest BCUT2D eigenvalue weighted by Gasteiger charge is -2.16. The van der Waals surface area contributed by atoms with E-state index in [0.717, 1.165) is 37.9 Å². The van der Waals surface area contributed by atoms with E-state index in [1.807, 2.05) is 18.7 Å². The molecule has 2 saturated heterocycles. The molecule has 34 heavy (non-hydrogen) atoms. The second kappa shape index (κ2) is 17.8. The van der Waals surface area contributed by atoms with Crippen LogP contribution in [-0.4, -0.2) is 93.7 Å². The van der Waals surface area contributed by atoms with Crippen molar-refractivity contribution in [1.29, 1.82) is 0 Å². The highest BCUT2D eigenvalue weighted by atomic mass is 32.2. The first kappa shape index (κ1) is 28.7. The number of carbonyl (C=O) groups is 3. The normalized spacial score (nSPS) is 21.1. The third-order valence-corrected chi connectivity index (χ3v) is 7.23. The molecule has 2 aliphatic heterocycles. The number of fused-ring (bicyclic) bond motifs is 1. The molecule has 0 aromatic rings. The molecule has 2 rings (SSSR count). The molecule has 0 radical (unpaired) electrons. The minimum absolute atomic E-state index is 0.0519. The van der Waals surface area contributed by atoms with Crippen LogP contribution in [0.5, 0.6) is 0 Å². The van der Waals surface area contributed by atoms with Crippen molar-refractivity contribution in [1.82, 2.24) is 21.3 Å². The number of rotatable bonds is 20. The predicted molar refractivity (Wildman–Crippen MR) is 132 cm³/mol. The van der Waals surface area contributed by atoms with Crippen LogP contribution in [0, 0.1) is 0 Å². The Morgan fingerprint density at radius 1 is 0.882 bits per heavy atom. The zero-order valence-corrected chi connectivity index (χ0v) is 21.2. The maximum absolute atomic E-state index is 12.0. The van der Waals surface area contributed by atoms with Crippen LogP contribution in [0.15, 0.2) is 0 Å². The molecule has 10 nitrogen and oxygen atoms in total. The van der Waals surface area contributed by atoms with Gasteiger partial charge in [0.05, 0.1) is 38.5 Å². The van der Waals surface area contributed by atoms with E-state index in [-0.39, 0.29) is 29.9 Å². The van der Waals surface area contributed by atoms with Gasteiger partial charge in [-0.3, -0.25) is 9.59 Å². The molecule has 3 atom stereocenters. The number of urea groups is 1. The molecule has 11 heteroatoms. The van der Waals surface area contributed by atoms with Crippen molar-refractivity contribution < 1.29 is 28.6 Å². The van der Waals surface area contributed by atoms with Gasteiger partial charge >= 0.3 is 6.03 Å². The zero-order chi connectivity index (χ0) is 24.4. The summed E-state index contributed by atoms with van der Waals surface area (Å²) < 4.78 is 16.4. The maximum Gasteiger partial charge on any atom is 0.315 e. The average Bonchev–Trinajstić information content (AvgIpc) is 3.38. The Kier molecular flexibility index (Phi) is 15.0. The summed E-state index contributed by atoms with van der Waals surface area (Å²) in [4.78, 5) is 34.4. The van der Waals surface area contributed by atoms with Gasteiger partial charge in [0, 0.05) is 50.1 Å². The van der Waals surface area contributed by atoms with Crippen LogP contribution in [0.1, 0.15) is 51.9 Å². The number of hydrogen-bond acceptors (Lipinski definition) is 7. The second-order valence-electron chi connectivity index (χ2n) is 8.47. The van der Waals surface area contributed by atoms with Crippen molar-refractivity contribution in [2.24, 2.45) is 0 Å². The van der Waals surface area contributed by atoms with Crippen molar-refractivity contribution in [2.45, 2.75) is 69.2 Å². The Morgan fingerprint density at radius 2 is 1.50 bits per heavy atom. The predicted octanol–water partition coefficient (Wildman–Crippen LogP) is 1.18. The lowest BCUT2D eigenvalue weighted by atomic mass is 10.0. The highest BCUT2D eigenvalue weighted by Gasteiger charge is 2.42. The van der Waals surface area contributed by atoms with Gasteiger partial charge in [-0.2, -0.15) is 11.8 Å². The highest BCUT2D eigenvalue weighted by molar-refractivity contribution is 8.00. The summed E-state index contributed by atoms with van der Waals surface area (Å²) in [6.45, 7) is 6.37. The molecule has 0 spiro atoms. The van der Waals surface area contributed by atoms with Gasteiger partial charge < -0.3 is 35.5 Å². The molecule has 2 fully saturated rings. The van der Waals surface area contributed by atoms with Crippen molar-refractivity contribution in [3.8, 4) is 0 Å². The van der Waals surface area contributed by atoms with E-state index in [9.17, 15) is 14.4 Å². The van der Waals surface area contributed by atoms with E-state index in [1.165, 1.54) is 0 Å². The van der Waals surface area contributed by atoms with E-state index < -0.39 is 0 Å². The molecule has 4 amide bonds. The van der Waals surface area contributed by atoms with Crippen LogP contribution >= 0.6 is 11.8 Å². The Labute approximate surface area is 207 Å². The minimum atomic E-state index is -0.0519. The van der Waals surface area contributed by atoms with Crippen LogP contribution in [0.3, 0.4) is 0 Å². The first-order valence-electron chi connectivity index (χ1n) is 12.6. The monoisotopic (exact) mass is 502 g/mol. The van der Waals surface area contributed by atoms with E-state index in [0.29, 0.717) is 70.8 Å². The fourth-order valence-corrected chi connectivity index (χ4v) is 5.38. The fraction of sp³-hybridized carbons (Fsp3) is 0.870. The quantitative estimate of drug-likeness (QED) is 0.145. The third kappa shape index (κ3) is 12.2. The van der Waals surface area contributed by atoms with Gasteiger partial charge in [0.1, 0.15) is 0 Å². The van der Waals surface area contributed by atoms with Gasteiger partial charge in [0.15, 0.2) is 0 Å². The summed E-state index contributed by atoms with van der Waals surface area (Å²) in [6.07, 6.45) is 5.52. The Balaban J connectivity index is 1.27. The molecular weight excluding hydrogens is 460 g/mol. The Bertz CT molecular complexity index is 612. The molecule has 2 heterocycles. The van der Waals surface area contributed by atoms with Crippen molar-refractivity contribution in [3.05, 3.63) is 0 Å². The smallest absolute Gasteiger partial charge is 0.315 e. The Morgan fingerprint density at radius 3 is 2.15 bits per heavy atom. The number of ether oxygens (including phenoxy) is 3. The van der Waals surface area contributed by atoms with Crippen molar-refractivity contribution in [2.75, 3.05) is 58.5 Å². The summed E-state index contributed by atoms with van der Waals surface area (Å²) in [5, 5.41) is 12.2. The van der Waals surface area contributed by atoms with Gasteiger partial charge in [-0.25, -0.2) is 4.79 Å². The first-order chi connectivity index (χ1) is 16.6. The van der Waals surface area contributed by atoms with Crippen molar-refractivity contribution in [3.63, 3.8) is 0 Å². The highest BCUT2D eigenvalue weighted by Crippen LogP contribution is 2.33. The maximum atomic E-state index is 12.0. The largest absolute Gasteiger partial charge is 0.379 e. The molecule has 0 aromatic heterocycles. The van der Waals surface area contributed by atoms with Crippen LogP contribution in [-0.2, 0) is 23.8 Å². The molecular formula is C23H42N4O6S. The van der Waals surface area contributed by atoms with Crippen LogP contribution in [0.2, 0.25) is 0 Å². The van der Waals surface area contributed by atoms with Crippen LogP contribution in [0.25, 0.3) is 0 Å². The summed E-state index contributed by atoms with van der Waals surface area (Å²) in [5.41, 5.74) is 0. The molecule has 0 aliphatic carbocycles. The van der Waals surface area contributed by atoms with Crippen LogP contribution in [0.4, 0.5) is 4.79 Å². The lowest BCUT2D eigenvalue weighted by molar-refractivity contribution is -0.121. The molecule has 4 N–H and O–H groups in total. The topological polar surface area (TPSA) is 127 Å². The summed E-state index contributed by atoms with van der Waals surface area (Å²) >= 11 is 1.91. The molecule has 2 aliphatic rings. The zero-order valence-electron chi connectivity index (χ0n) is 20.4. The minimum Gasteiger partial charge on any atom is -0.379 e. The van der Waals surface area contributed by atoms with E-state index in [1.54, 1.807) is 0 Å². The summed E-state index contributed by atoms with van der Waals surface area (Å²) in [5.74, 6) is 1.12. The third-order valence-electron chi connectivity index (χ3n) is 5.72. The number of nitrogens with one attached hydrogen (secondary N) is 4. The van der Waals surface area contributed by atoms with Gasteiger partial charge in [0.2, 0.25) is 11.8 Å². The molecule has 3 unspecified atom stereocenters. The number of carbonyl (C=O) groups excluding carboxylic acids is 3. The molecule has 196 valence electrons. The van der Waals surface area contributed by atoms with Gasteiger partial charge in [-0.05, 0) is 25.7 Å². The van der Waals surface area contributed by atoms with Gasteiger partial charge in [0.25, 0.3) is 0 Å². The molecule has 0 saturated carbocycles. The average molecular weight is 503 g/mol. The van der Waals surface area contributed by atoms with E-state index >= 15 is 0 Å². The SMILES string of the molecule is CCC(=O)NCCCOCCOCCOCCCNC(=O)CCCCC1SCC2NC(=O)NC21. The van der Waals surface area contributed by atoms with Gasteiger partial charge in [-0.1, -0.05) is 13.3 Å². The molecule has 0 aromatic carbocycles. The van der Waals surface area contributed by atoms with Crippen molar-refractivity contribution >= 4 is 29.6 Å². The standard InChI is InChI=1S/C23H42N4O6S/c1-2-20(28)24-9-5-11-31-13-15-33-16-14-32-12-6-10-25-21(29)8-4-3-7-19-22-18(17-34-19)26-23(30)27-22/h18-19,22H,2-17H2,1H3,(H,24,28)(H,25,29)(H2,26,27,30).